The summed E-state index contributed by atoms with van der Waals surface area (Å²) >= 11 is 6.48. The monoisotopic (exact) mass is 387 g/mol. The fraction of sp³-hybridized carbons (Fsp3) is 0.524. The molecule has 2 aromatic heterocycles. The quantitative estimate of drug-likeness (QED) is 0.869. The molecule has 0 unspecified atom stereocenters. The lowest BCUT2D eigenvalue weighted by Crippen LogP contribution is -2.42. The van der Waals surface area contributed by atoms with Crippen LogP contribution in [0.25, 0.3) is 0 Å². The number of rotatable bonds is 3. The van der Waals surface area contributed by atoms with Gasteiger partial charge in [-0.1, -0.05) is 11.6 Å². The molecule has 1 saturated heterocycles. The van der Waals surface area contributed by atoms with Gasteiger partial charge in [-0.15, -0.1) is 0 Å². The van der Waals surface area contributed by atoms with E-state index in [2.05, 4.69) is 14.9 Å². The van der Waals surface area contributed by atoms with Gasteiger partial charge in [0.25, 0.3) is 0 Å². The van der Waals surface area contributed by atoms with Gasteiger partial charge in [-0.05, 0) is 69.2 Å². The predicted octanol–water partition coefficient (Wildman–Crippen LogP) is 3.71. The van der Waals surface area contributed by atoms with Gasteiger partial charge in [0.05, 0.1) is 16.8 Å². The molecular formula is C21H26ClN3O2. The van der Waals surface area contributed by atoms with Crippen molar-refractivity contribution in [2.45, 2.75) is 45.8 Å². The number of pyridine rings is 2. The summed E-state index contributed by atoms with van der Waals surface area (Å²) in [5.41, 5.74) is 2.88. The van der Waals surface area contributed by atoms with Crippen molar-refractivity contribution < 1.29 is 9.84 Å². The van der Waals surface area contributed by atoms with E-state index in [-0.39, 0.29) is 6.10 Å². The SMILES string of the molecule is Cc1ccc(O[C@@H]2C[C@@H]3CN(c4nccc(C)c4Cl)C[C@@H]3C[C@H]2O)c(C)n1. The van der Waals surface area contributed by atoms with E-state index >= 15 is 0 Å². The number of hydrogen-bond donors (Lipinski definition) is 1. The second-order valence-electron chi connectivity index (χ2n) is 7.92. The third-order valence-corrected chi connectivity index (χ3v) is 6.37. The summed E-state index contributed by atoms with van der Waals surface area (Å²) < 4.78 is 6.17. The van der Waals surface area contributed by atoms with E-state index in [1.807, 2.05) is 45.2 Å². The molecule has 0 amide bonds. The number of anilines is 1. The average Bonchev–Trinajstić information content (AvgIpc) is 3.02. The summed E-state index contributed by atoms with van der Waals surface area (Å²) in [5, 5.41) is 11.4. The van der Waals surface area contributed by atoms with E-state index in [0.717, 1.165) is 59.5 Å². The summed E-state index contributed by atoms with van der Waals surface area (Å²) in [5.74, 6) is 2.53. The Morgan fingerprint density at radius 2 is 1.85 bits per heavy atom. The van der Waals surface area contributed by atoms with Crippen molar-refractivity contribution in [3.63, 3.8) is 0 Å². The van der Waals surface area contributed by atoms with Crippen LogP contribution in [0.15, 0.2) is 24.4 Å². The number of aryl methyl sites for hydroxylation is 3. The molecule has 27 heavy (non-hydrogen) atoms. The Labute approximate surface area is 165 Å². The summed E-state index contributed by atoms with van der Waals surface area (Å²) in [6.07, 6.45) is 2.72. The maximum atomic E-state index is 10.7. The molecule has 4 rings (SSSR count). The smallest absolute Gasteiger partial charge is 0.147 e. The molecule has 2 aromatic rings. The summed E-state index contributed by atoms with van der Waals surface area (Å²) in [6, 6.07) is 5.83. The molecule has 4 atom stereocenters. The Bertz CT molecular complexity index is 844. The standard InChI is InChI=1S/C21H26ClN3O2/c1-12-6-7-23-21(20(12)22)25-10-15-8-17(26)19(9-16(15)11-25)27-18-5-4-13(2)24-14(18)3/h4-7,15-17,19,26H,8-11H2,1-3H3/t15-,16+,17+,19+/m0/s1. The highest BCUT2D eigenvalue weighted by molar-refractivity contribution is 6.33. The van der Waals surface area contributed by atoms with Crippen molar-refractivity contribution in [2.24, 2.45) is 11.8 Å². The molecule has 1 saturated carbocycles. The van der Waals surface area contributed by atoms with Crippen LogP contribution >= 0.6 is 11.6 Å². The van der Waals surface area contributed by atoms with Crippen LogP contribution in [-0.2, 0) is 0 Å². The molecule has 144 valence electrons. The molecule has 0 radical (unpaired) electrons. The second-order valence-corrected chi connectivity index (χ2v) is 8.30. The topological polar surface area (TPSA) is 58.5 Å². The van der Waals surface area contributed by atoms with E-state index in [1.165, 1.54) is 0 Å². The van der Waals surface area contributed by atoms with Crippen LogP contribution in [0.3, 0.4) is 0 Å². The molecule has 3 heterocycles. The highest BCUT2D eigenvalue weighted by Gasteiger charge is 2.43. The lowest BCUT2D eigenvalue weighted by molar-refractivity contribution is -0.0236. The predicted molar refractivity (Wildman–Crippen MR) is 107 cm³/mol. The van der Waals surface area contributed by atoms with E-state index in [1.54, 1.807) is 0 Å². The third-order valence-electron chi connectivity index (χ3n) is 5.90. The van der Waals surface area contributed by atoms with Crippen LogP contribution in [0.2, 0.25) is 5.02 Å². The molecule has 1 aliphatic carbocycles. The molecule has 0 bridgehead atoms. The zero-order chi connectivity index (χ0) is 19.1. The Kier molecular flexibility index (Phi) is 4.99. The third kappa shape index (κ3) is 3.63. The number of hydrogen-bond acceptors (Lipinski definition) is 5. The van der Waals surface area contributed by atoms with Gasteiger partial charge in [0.15, 0.2) is 0 Å². The number of aliphatic hydroxyl groups excluding tert-OH is 1. The summed E-state index contributed by atoms with van der Waals surface area (Å²) in [7, 11) is 0. The fourth-order valence-corrected chi connectivity index (χ4v) is 4.63. The molecule has 5 nitrogen and oxygen atoms in total. The zero-order valence-corrected chi connectivity index (χ0v) is 16.8. The van der Waals surface area contributed by atoms with Crippen LogP contribution in [-0.4, -0.2) is 40.4 Å². The largest absolute Gasteiger partial charge is 0.486 e. The van der Waals surface area contributed by atoms with Gasteiger partial charge in [-0.3, -0.25) is 4.98 Å². The molecule has 6 heteroatoms. The van der Waals surface area contributed by atoms with Crippen LogP contribution in [0.5, 0.6) is 5.75 Å². The Hall–Kier alpha value is -1.85. The number of aliphatic hydroxyl groups is 1. The first-order chi connectivity index (χ1) is 12.9. The van der Waals surface area contributed by atoms with Crippen molar-refractivity contribution in [1.29, 1.82) is 0 Å². The van der Waals surface area contributed by atoms with Crippen LogP contribution in [0, 0.1) is 32.6 Å². The number of halogens is 1. The number of aromatic nitrogens is 2. The number of ether oxygens (including phenoxy) is 1. The van der Waals surface area contributed by atoms with Gasteiger partial charge in [-0.2, -0.15) is 0 Å². The van der Waals surface area contributed by atoms with Gasteiger partial charge < -0.3 is 14.7 Å². The average molecular weight is 388 g/mol. The highest BCUT2D eigenvalue weighted by atomic mass is 35.5. The summed E-state index contributed by atoms with van der Waals surface area (Å²) in [6.45, 7) is 7.70. The highest BCUT2D eigenvalue weighted by Crippen LogP contribution is 2.41. The van der Waals surface area contributed by atoms with Crippen LogP contribution in [0.4, 0.5) is 5.82 Å². The van der Waals surface area contributed by atoms with E-state index < -0.39 is 6.10 Å². The molecule has 1 N–H and O–H groups in total. The van der Waals surface area contributed by atoms with E-state index in [9.17, 15) is 5.11 Å². The maximum Gasteiger partial charge on any atom is 0.147 e. The van der Waals surface area contributed by atoms with Crippen LogP contribution < -0.4 is 9.64 Å². The Morgan fingerprint density at radius 1 is 1.11 bits per heavy atom. The normalized spacial score (nSPS) is 27.5. The first-order valence-electron chi connectivity index (χ1n) is 9.57. The first-order valence-corrected chi connectivity index (χ1v) is 9.95. The molecule has 1 aliphatic heterocycles. The van der Waals surface area contributed by atoms with Crippen LogP contribution in [0.1, 0.15) is 29.8 Å². The van der Waals surface area contributed by atoms with Crippen molar-refractivity contribution in [2.75, 3.05) is 18.0 Å². The van der Waals surface area contributed by atoms with Gasteiger partial charge in [-0.25, -0.2) is 4.98 Å². The van der Waals surface area contributed by atoms with E-state index in [0.29, 0.717) is 11.8 Å². The molecule has 2 fully saturated rings. The zero-order valence-electron chi connectivity index (χ0n) is 16.0. The summed E-state index contributed by atoms with van der Waals surface area (Å²) in [4.78, 5) is 11.2. The minimum absolute atomic E-state index is 0.199. The van der Waals surface area contributed by atoms with Gasteiger partial charge in [0.1, 0.15) is 17.7 Å². The molecular weight excluding hydrogens is 362 g/mol. The second kappa shape index (κ2) is 7.28. The van der Waals surface area contributed by atoms with Gasteiger partial charge in [0.2, 0.25) is 0 Å². The Balaban J connectivity index is 1.48. The minimum Gasteiger partial charge on any atom is -0.486 e. The molecule has 0 spiro atoms. The van der Waals surface area contributed by atoms with E-state index in [4.69, 9.17) is 16.3 Å². The molecule has 0 aromatic carbocycles. The maximum absolute atomic E-state index is 10.7. The lowest BCUT2D eigenvalue weighted by atomic mass is 9.78. The lowest BCUT2D eigenvalue weighted by Gasteiger charge is -2.35. The minimum atomic E-state index is -0.465. The Morgan fingerprint density at radius 3 is 2.59 bits per heavy atom. The number of fused-ring (bicyclic) bond motifs is 1. The first kappa shape index (κ1) is 18.5. The number of nitrogens with zero attached hydrogens (tertiary/aromatic N) is 3. The van der Waals surface area contributed by atoms with Crippen molar-refractivity contribution in [1.82, 2.24) is 9.97 Å². The van der Waals surface area contributed by atoms with Crippen molar-refractivity contribution >= 4 is 17.4 Å². The molecule has 2 aliphatic rings. The van der Waals surface area contributed by atoms with Crippen molar-refractivity contribution in [3.05, 3.63) is 46.4 Å². The van der Waals surface area contributed by atoms with Crippen molar-refractivity contribution in [3.8, 4) is 5.75 Å². The van der Waals surface area contributed by atoms with Gasteiger partial charge in [0, 0.05) is 25.0 Å². The van der Waals surface area contributed by atoms with Gasteiger partial charge >= 0.3 is 0 Å². The fourth-order valence-electron chi connectivity index (χ4n) is 4.40.